The molecule has 0 fully saturated rings. The van der Waals surface area contributed by atoms with Crippen molar-refractivity contribution in [2.45, 2.75) is 6.42 Å². The van der Waals surface area contributed by atoms with E-state index in [0.717, 1.165) is 39.2 Å². The maximum atomic E-state index is 4.42. The highest BCUT2D eigenvalue weighted by atomic mass is 79.9. The van der Waals surface area contributed by atoms with Crippen LogP contribution in [0.2, 0.25) is 0 Å². The maximum absolute atomic E-state index is 4.42. The molecule has 6 heteroatoms. The Balaban J connectivity index is 1.87. The lowest BCUT2D eigenvalue weighted by Crippen LogP contribution is -2.21. The van der Waals surface area contributed by atoms with Crippen LogP contribution in [0.4, 0.5) is 5.82 Å². The molecule has 0 saturated heterocycles. The average Bonchev–Trinajstić information content (AvgIpc) is 2.97. The molecule has 0 radical (unpaired) electrons. The third kappa shape index (κ3) is 2.81. The molecule has 2 aromatic heterocycles. The number of hydrogen-bond donors (Lipinski definition) is 0. The Bertz CT molecular complexity index is 714. The zero-order valence-corrected chi connectivity index (χ0v) is 13.4. The molecule has 0 bridgehead atoms. The van der Waals surface area contributed by atoms with Crippen molar-refractivity contribution >= 4 is 44.0 Å². The van der Waals surface area contributed by atoms with Gasteiger partial charge >= 0.3 is 0 Å². The van der Waals surface area contributed by atoms with Crippen LogP contribution in [-0.4, -0.2) is 28.5 Å². The van der Waals surface area contributed by atoms with E-state index in [0.29, 0.717) is 0 Å². The first kappa shape index (κ1) is 13.5. The monoisotopic (exact) mass is 348 g/mol. The van der Waals surface area contributed by atoms with Gasteiger partial charge in [-0.05, 0) is 18.2 Å². The Hall–Kier alpha value is -1.53. The second-order valence-corrected chi connectivity index (χ2v) is 6.35. The Morgan fingerprint density at radius 3 is 2.95 bits per heavy atom. The van der Waals surface area contributed by atoms with E-state index in [4.69, 9.17) is 0 Å². The van der Waals surface area contributed by atoms with Gasteiger partial charge in [-0.3, -0.25) is 0 Å². The topological polar surface area (TPSA) is 41.9 Å². The fourth-order valence-corrected chi connectivity index (χ4v) is 3.04. The predicted molar refractivity (Wildman–Crippen MR) is 86.3 cm³/mol. The average molecular weight is 349 g/mol. The van der Waals surface area contributed by atoms with Gasteiger partial charge in [-0.25, -0.2) is 15.0 Å². The highest BCUT2D eigenvalue weighted by Gasteiger charge is 2.09. The molecule has 102 valence electrons. The van der Waals surface area contributed by atoms with Gasteiger partial charge in [0, 0.05) is 41.4 Å². The van der Waals surface area contributed by atoms with E-state index >= 15 is 0 Å². The quantitative estimate of drug-likeness (QED) is 0.723. The molecule has 2 heterocycles. The van der Waals surface area contributed by atoms with Crippen molar-refractivity contribution < 1.29 is 0 Å². The lowest BCUT2D eigenvalue weighted by Gasteiger charge is -2.19. The molecule has 0 aliphatic rings. The van der Waals surface area contributed by atoms with Crippen molar-refractivity contribution in [3.05, 3.63) is 45.6 Å². The summed E-state index contributed by atoms with van der Waals surface area (Å²) in [6.45, 7) is 0.881. The Morgan fingerprint density at radius 1 is 1.25 bits per heavy atom. The highest BCUT2D eigenvalue weighted by molar-refractivity contribution is 9.10. The van der Waals surface area contributed by atoms with Crippen LogP contribution in [-0.2, 0) is 6.42 Å². The highest BCUT2D eigenvalue weighted by Crippen LogP contribution is 2.25. The minimum atomic E-state index is 0.881. The Kier molecular flexibility index (Phi) is 3.93. The summed E-state index contributed by atoms with van der Waals surface area (Å²) in [7, 11) is 2.05. The molecule has 0 saturated carbocycles. The van der Waals surface area contributed by atoms with E-state index in [-0.39, 0.29) is 0 Å². The molecule has 3 rings (SSSR count). The van der Waals surface area contributed by atoms with Crippen LogP contribution in [0.15, 0.2) is 40.6 Å². The van der Waals surface area contributed by atoms with Crippen LogP contribution in [0.1, 0.15) is 5.01 Å². The summed E-state index contributed by atoms with van der Waals surface area (Å²) in [5.74, 6) is 0.952. The van der Waals surface area contributed by atoms with Crippen molar-refractivity contribution in [2.24, 2.45) is 0 Å². The minimum absolute atomic E-state index is 0.881. The summed E-state index contributed by atoms with van der Waals surface area (Å²) in [5, 5.41) is 4.21. The number of halogens is 1. The first-order valence-corrected chi connectivity index (χ1v) is 7.91. The lowest BCUT2D eigenvalue weighted by atomic mass is 10.2. The van der Waals surface area contributed by atoms with Gasteiger partial charge in [-0.2, -0.15) is 0 Å². The Morgan fingerprint density at radius 2 is 2.15 bits per heavy atom. The first-order chi connectivity index (χ1) is 9.74. The lowest BCUT2D eigenvalue weighted by molar-refractivity contribution is 0.855. The summed E-state index contributed by atoms with van der Waals surface area (Å²) in [4.78, 5) is 15.2. The van der Waals surface area contributed by atoms with Gasteiger partial charge in [0.1, 0.15) is 12.1 Å². The van der Waals surface area contributed by atoms with E-state index < -0.39 is 0 Å². The summed E-state index contributed by atoms with van der Waals surface area (Å²) >= 11 is 5.19. The standard InChI is InChI=1S/C14H13BrN4S/c1-19(6-4-13-16-5-7-20-13)14-11-8-10(15)2-3-12(11)17-9-18-14/h2-3,5,7-9H,4,6H2,1H3. The van der Waals surface area contributed by atoms with Crippen molar-refractivity contribution in [3.8, 4) is 0 Å². The number of nitrogens with zero attached hydrogens (tertiary/aromatic N) is 4. The molecular formula is C14H13BrN4S. The van der Waals surface area contributed by atoms with Crippen LogP contribution < -0.4 is 4.90 Å². The number of likely N-dealkylation sites (N-methyl/N-ethyl adjacent to an activating group) is 1. The molecule has 1 aromatic carbocycles. The Labute approximate surface area is 129 Å². The number of fused-ring (bicyclic) bond motifs is 1. The van der Waals surface area contributed by atoms with E-state index in [1.807, 2.05) is 23.7 Å². The molecule has 0 unspecified atom stereocenters. The van der Waals surface area contributed by atoms with E-state index in [1.165, 1.54) is 0 Å². The van der Waals surface area contributed by atoms with E-state index in [1.54, 1.807) is 17.7 Å². The fourth-order valence-electron chi connectivity index (χ4n) is 2.07. The molecule has 0 atom stereocenters. The number of benzene rings is 1. The molecule has 0 aliphatic heterocycles. The van der Waals surface area contributed by atoms with Crippen molar-refractivity contribution in [1.29, 1.82) is 0 Å². The molecule has 3 aromatic rings. The number of rotatable bonds is 4. The summed E-state index contributed by atoms with van der Waals surface area (Å²) in [6, 6.07) is 6.05. The van der Waals surface area contributed by atoms with Gasteiger partial charge in [0.15, 0.2) is 0 Å². The number of anilines is 1. The van der Waals surface area contributed by atoms with E-state index in [9.17, 15) is 0 Å². The van der Waals surface area contributed by atoms with Crippen LogP contribution in [0.25, 0.3) is 10.9 Å². The normalized spacial score (nSPS) is 10.9. The third-order valence-electron chi connectivity index (χ3n) is 3.08. The maximum Gasteiger partial charge on any atom is 0.139 e. The number of hydrogen-bond acceptors (Lipinski definition) is 5. The fraction of sp³-hybridized carbons (Fsp3) is 0.214. The van der Waals surface area contributed by atoms with Gasteiger partial charge in [0.25, 0.3) is 0 Å². The SMILES string of the molecule is CN(CCc1nccs1)c1ncnc2ccc(Br)cc12. The number of thiazole rings is 1. The third-order valence-corrected chi connectivity index (χ3v) is 4.42. The van der Waals surface area contributed by atoms with Gasteiger partial charge < -0.3 is 4.90 Å². The van der Waals surface area contributed by atoms with Gasteiger partial charge in [0.2, 0.25) is 0 Å². The van der Waals surface area contributed by atoms with Gasteiger partial charge in [-0.15, -0.1) is 11.3 Å². The predicted octanol–water partition coefficient (Wildman–Crippen LogP) is 3.53. The smallest absolute Gasteiger partial charge is 0.139 e. The summed E-state index contributed by atoms with van der Waals surface area (Å²) in [6.07, 6.45) is 4.39. The van der Waals surface area contributed by atoms with Crippen molar-refractivity contribution in [2.75, 3.05) is 18.5 Å². The molecular weight excluding hydrogens is 336 g/mol. The van der Waals surface area contributed by atoms with Crippen LogP contribution in [0, 0.1) is 0 Å². The van der Waals surface area contributed by atoms with Gasteiger partial charge in [0.05, 0.1) is 10.5 Å². The van der Waals surface area contributed by atoms with Crippen molar-refractivity contribution in [1.82, 2.24) is 15.0 Å². The second-order valence-electron chi connectivity index (χ2n) is 4.46. The second kappa shape index (κ2) is 5.85. The summed E-state index contributed by atoms with van der Waals surface area (Å²) < 4.78 is 1.04. The van der Waals surface area contributed by atoms with Crippen molar-refractivity contribution in [3.63, 3.8) is 0 Å². The van der Waals surface area contributed by atoms with E-state index in [2.05, 4.69) is 48.9 Å². The summed E-state index contributed by atoms with van der Waals surface area (Å²) in [5.41, 5.74) is 0.958. The van der Waals surface area contributed by atoms with Crippen LogP contribution >= 0.6 is 27.3 Å². The van der Waals surface area contributed by atoms with Gasteiger partial charge in [-0.1, -0.05) is 15.9 Å². The molecule has 20 heavy (non-hydrogen) atoms. The zero-order valence-electron chi connectivity index (χ0n) is 11.0. The van der Waals surface area contributed by atoms with Crippen LogP contribution in [0.3, 0.4) is 0 Å². The minimum Gasteiger partial charge on any atom is -0.359 e. The molecule has 4 nitrogen and oxygen atoms in total. The molecule has 0 aliphatic carbocycles. The molecule has 0 amide bonds. The largest absolute Gasteiger partial charge is 0.359 e. The molecule has 0 N–H and O–H groups in total. The molecule has 0 spiro atoms. The number of aromatic nitrogens is 3. The zero-order chi connectivity index (χ0) is 13.9. The first-order valence-electron chi connectivity index (χ1n) is 6.24. The van der Waals surface area contributed by atoms with Crippen LogP contribution in [0.5, 0.6) is 0 Å².